The topological polar surface area (TPSA) is 365 Å². The number of cyclic esters (lactones) is 3. The molecule has 0 radical (unpaired) electrons. The fourth-order valence-corrected chi connectivity index (χ4v) is 11.9. The van der Waals surface area contributed by atoms with Crippen LogP contribution in [-0.2, 0) is 72.1 Å². The van der Waals surface area contributed by atoms with E-state index in [0.717, 1.165) is 28.7 Å². The van der Waals surface area contributed by atoms with Gasteiger partial charge in [0.25, 0.3) is 10.1 Å². The molecule has 32 heteroatoms. The van der Waals surface area contributed by atoms with E-state index < -0.39 is 16.2 Å². The minimum atomic E-state index is -3.53. The Morgan fingerprint density at radius 2 is 0.905 bits per heavy atom. The molecule has 3 aromatic carbocycles. The Kier molecular flexibility index (Phi) is 26.2. The molecule has 6 N–H and O–H groups in total. The molecule has 8 heterocycles. The van der Waals surface area contributed by atoms with Crippen LogP contribution in [-0.4, -0.2) is 261 Å². The molecule has 31 nitrogen and oxygen atoms in total. The first-order valence-corrected chi connectivity index (χ1v) is 32.9. The van der Waals surface area contributed by atoms with Gasteiger partial charge < -0.3 is 98.8 Å². The summed E-state index contributed by atoms with van der Waals surface area (Å²) in [7, 11) is 5.98. The highest BCUT2D eigenvalue weighted by molar-refractivity contribution is 7.86. The van der Waals surface area contributed by atoms with Crippen LogP contribution in [0.4, 0.5) is 14.4 Å². The number of ether oxygens (including phenoxy) is 9. The number of aliphatic hydroxyl groups excluding tert-OH is 1. The maximum atomic E-state index is 12.3. The molecule has 3 aromatic rings. The second-order valence-corrected chi connectivity index (χ2v) is 25.3. The van der Waals surface area contributed by atoms with E-state index >= 15 is 0 Å². The van der Waals surface area contributed by atoms with Crippen molar-refractivity contribution in [3.63, 3.8) is 0 Å². The first-order valence-electron chi connectivity index (χ1n) is 31.1. The number of β-lactam (4-membered cyclic amide) rings is 5. The fourth-order valence-electron chi connectivity index (χ4n) is 11.5. The summed E-state index contributed by atoms with van der Waals surface area (Å²) in [5.41, 5.74) is 8.18. The van der Waals surface area contributed by atoms with Crippen LogP contribution in [0.25, 0.3) is 0 Å². The molecule has 0 aliphatic carbocycles. The molecule has 0 unspecified atom stereocenters. The van der Waals surface area contributed by atoms with E-state index in [2.05, 4.69) is 16.0 Å². The summed E-state index contributed by atoms with van der Waals surface area (Å²) in [5.74, 6) is 3.88. The lowest BCUT2D eigenvalue weighted by Gasteiger charge is -2.47. The second-order valence-electron chi connectivity index (χ2n) is 23.6. The van der Waals surface area contributed by atoms with Crippen LogP contribution in [0.1, 0.15) is 44.4 Å². The van der Waals surface area contributed by atoms with Crippen LogP contribution in [0.15, 0.2) is 54.6 Å². The molecule has 0 saturated carbocycles. The van der Waals surface area contributed by atoms with Crippen molar-refractivity contribution in [3.05, 3.63) is 71.3 Å². The SMILES string of the molecule is COc1ccc(CN2C(=O)[C@@H](C)[C@H]2CN2CCOC2=O)c(OC)c1.COc1ccc(CN2C(=O)[C@@H](C)[C@H]2CNCCO)c(OC)c1.COc1ccc(CN2C(=O)[C@@H](C)[C@H]2COS(C)(=O)=O)c(OC)c1.C[C@@H]1C(=O)N[C@@H]1CN1CCOC1=O.N[C@@H]1C(=O)N[C@@H]1CN1CCOC1=O. The van der Waals surface area contributed by atoms with Gasteiger partial charge in [-0.25, -0.2) is 14.4 Å². The van der Waals surface area contributed by atoms with E-state index in [0.29, 0.717) is 121 Å². The van der Waals surface area contributed by atoms with Gasteiger partial charge in [-0.2, -0.15) is 8.42 Å². The lowest BCUT2D eigenvalue weighted by Crippen LogP contribution is -2.69. The average Bonchev–Trinajstić information content (AvgIpc) is 0.973. The number of nitrogens with one attached hydrogen (secondary N) is 3. The van der Waals surface area contributed by atoms with Crippen LogP contribution in [0.3, 0.4) is 0 Å². The number of carbonyl (C=O) groups excluding carboxylic acids is 8. The molecule has 8 amide bonds. The summed E-state index contributed by atoms with van der Waals surface area (Å²) in [5, 5.41) is 17.4. The minimum Gasteiger partial charge on any atom is -0.497 e. The third-order valence-corrected chi connectivity index (χ3v) is 18.3. The van der Waals surface area contributed by atoms with Gasteiger partial charge in [0.15, 0.2) is 0 Å². The van der Waals surface area contributed by atoms with Gasteiger partial charge in [0.05, 0.1) is 136 Å². The Labute approximate surface area is 553 Å². The standard InChI is InChI=1S/C17H22N2O5.C16H24N2O4.C15H21NO6S.C8H12N2O3.C7H11N3O3/c1-11-14(10-18-6-7-24-17(18)21)19(16(11)20)9-12-4-5-13(22-2)8-15(12)23-3;1-11-14(9-17-6-7-19)18(16(11)20)10-12-4-5-13(21-2)8-15(12)22-3;1-10-13(9-22-23(4,18)19)16(15(10)17)8-11-5-6-12(20-2)7-14(11)21-3;1-5-6(9-7(5)11)4-10-2-3-13-8(10)12;8-5-4(9-6(5)11)3-10-1-2-13-7(10)12/h4-5,8,11,14H,6-7,9-10H2,1-3H3;4-5,8,11,14,17,19H,6-7,9-10H2,1-3H3;5-7,10,13H,8-9H2,1-4H3;5-6H,2-4H2,1H3,(H,9,11);4-5H,1-3,8H2,(H,9,11)/t2*11-,14+;10-,13+;5-,6+;4-,5+/m00001/s1. The number of nitrogens with zero attached hydrogens (tertiary/aromatic N) is 6. The normalized spacial score (nSPS) is 24.6. The number of benzene rings is 3. The molecule has 8 aliphatic rings. The monoisotopic (exact) mass is 1350 g/mol. The van der Waals surface area contributed by atoms with Crippen LogP contribution in [0.5, 0.6) is 34.5 Å². The van der Waals surface area contributed by atoms with Crippen LogP contribution >= 0.6 is 0 Å². The first-order chi connectivity index (χ1) is 45.3. The van der Waals surface area contributed by atoms with Gasteiger partial charge in [-0.15, -0.1) is 0 Å². The van der Waals surface area contributed by atoms with Crippen molar-refractivity contribution in [1.29, 1.82) is 0 Å². The van der Waals surface area contributed by atoms with E-state index in [1.807, 2.05) is 62.1 Å². The zero-order valence-electron chi connectivity index (χ0n) is 55.6. The number of hydrogen-bond donors (Lipinski definition) is 5. The lowest BCUT2D eigenvalue weighted by molar-refractivity contribution is -0.158. The Balaban J connectivity index is 0.000000171. The van der Waals surface area contributed by atoms with Crippen molar-refractivity contribution in [1.82, 2.24) is 45.3 Å². The number of likely N-dealkylation sites (tertiary alicyclic amines) is 3. The average molecular weight is 1360 g/mol. The number of hydrogen-bond acceptors (Lipinski definition) is 23. The Morgan fingerprint density at radius 3 is 1.25 bits per heavy atom. The zero-order chi connectivity index (χ0) is 69.4. The number of aliphatic hydroxyl groups is 1. The van der Waals surface area contributed by atoms with E-state index in [4.69, 9.17) is 57.7 Å². The molecule has 10 atom stereocenters. The molecule has 0 spiro atoms. The quantitative estimate of drug-likeness (QED) is 0.0342. The molecule has 11 rings (SSSR count). The van der Waals surface area contributed by atoms with Crippen LogP contribution < -0.4 is 50.1 Å². The maximum absolute atomic E-state index is 12.3. The number of rotatable bonds is 25. The molecule has 8 aliphatic heterocycles. The van der Waals surface area contributed by atoms with Gasteiger partial charge in [-0.05, 0) is 36.4 Å². The van der Waals surface area contributed by atoms with E-state index in [1.54, 1.807) is 92.3 Å². The summed E-state index contributed by atoms with van der Waals surface area (Å²) in [6.45, 7) is 14.7. The molecule has 0 bridgehead atoms. The van der Waals surface area contributed by atoms with Gasteiger partial charge in [0, 0.05) is 87.2 Å². The minimum absolute atomic E-state index is 0.00467. The largest absolute Gasteiger partial charge is 0.497 e. The Bertz CT molecular complexity index is 3280. The molecule has 95 heavy (non-hydrogen) atoms. The van der Waals surface area contributed by atoms with Gasteiger partial charge in [0.2, 0.25) is 29.5 Å². The van der Waals surface area contributed by atoms with E-state index in [1.165, 1.54) is 0 Å². The van der Waals surface area contributed by atoms with E-state index in [9.17, 15) is 46.8 Å². The van der Waals surface area contributed by atoms with Gasteiger partial charge in [-0.1, -0.05) is 27.7 Å². The van der Waals surface area contributed by atoms with Crippen LogP contribution in [0, 0.1) is 23.7 Å². The van der Waals surface area contributed by atoms with E-state index in [-0.39, 0.29) is 115 Å². The predicted octanol–water partition coefficient (Wildman–Crippen LogP) is 1.000. The van der Waals surface area contributed by atoms with Crippen molar-refractivity contribution in [2.24, 2.45) is 29.4 Å². The third-order valence-electron chi connectivity index (χ3n) is 17.7. The zero-order valence-corrected chi connectivity index (χ0v) is 56.4. The summed E-state index contributed by atoms with van der Waals surface area (Å²) in [4.78, 5) is 102. The highest BCUT2D eigenvalue weighted by atomic mass is 32.2. The van der Waals surface area contributed by atoms with Crippen molar-refractivity contribution < 1.29 is 98.7 Å². The summed E-state index contributed by atoms with van der Waals surface area (Å²) >= 11 is 0. The molecular weight excluding hydrogens is 1260 g/mol. The molecule has 8 saturated heterocycles. The second kappa shape index (κ2) is 33.7. The summed E-state index contributed by atoms with van der Waals surface area (Å²) < 4.78 is 73.2. The van der Waals surface area contributed by atoms with Crippen molar-refractivity contribution in [2.75, 3.05) is 134 Å². The highest BCUT2D eigenvalue weighted by Gasteiger charge is 2.48. The number of amides is 8. The number of nitrogens with two attached hydrogens (primary N) is 1. The first kappa shape index (κ1) is 73.8. The summed E-state index contributed by atoms with van der Waals surface area (Å²) in [6.07, 6.45) is 0.0971. The molecule has 524 valence electrons. The molecule has 8 fully saturated rings. The Morgan fingerprint density at radius 1 is 0.526 bits per heavy atom. The van der Waals surface area contributed by atoms with Crippen molar-refractivity contribution in [2.45, 2.75) is 83.6 Å². The highest BCUT2D eigenvalue weighted by Crippen LogP contribution is 2.36. The number of methoxy groups -OCH3 is 6. The van der Waals surface area contributed by atoms with Crippen molar-refractivity contribution in [3.8, 4) is 34.5 Å². The third kappa shape index (κ3) is 18.5. The van der Waals surface area contributed by atoms with Gasteiger partial charge >= 0.3 is 18.3 Å². The van der Waals surface area contributed by atoms with Crippen LogP contribution in [0.2, 0.25) is 0 Å². The van der Waals surface area contributed by atoms with Gasteiger partial charge in [0.1, 0.15) is 60.4 Å². The lowest BCUT2D eigenvalue weighted by atomic mass is 9.88. The smallest absolute Gasteiger partial charge is 0.410 e. The predicted molar refractivity (Wildman–Crippen MR) is 340 cm³/mol. The van der Waals surface area contributed by atoms with Crippen molar-refractivity contribution >= 4 is 57.9 Å². The maximum Gasteiger partial charge on any atom is 0.410 e. The fraction of sp³-hybridized carbons (Fsp3) is 0.587. The van der Waals surface area contributed by atoms with Gasteiger partial charge in [-0.3, -0.25) is 28.2 Å². The molecule has 0 aromatic heterocycles. The Hall–Kier alpha value is -8.59. The summed E-state index contributed by atoms with van der Waals surface area (Å²) in [6, 6.07) is 15.9. The number of carbonyl (C=O) groups is 8. The molecular formula is C63H90N10O21S.